The molecule has 0 aliphatic carbocycles. The molecule has 0 fully saturated rings. The van der Waals surface area contributed by atoms with E-state index in [0.29, 0.717) is 23.7 Å². The number of hydrogen-bond acceptors (Lipinski definition) is 5. The minimum Gasteiger partial charge on any atom is -0.490 e. The second kappa shape index (κ2) is 8.04. The lowest BCUT2D eigenvalue weighted by Gasteiger charge is -2.11. The van der Waals surface area contributed by atoms with Crippen molar-refractivity contribution in [1.82, 2.24) is 0 Å². The predicted molar refractivity (Wildman–Crippen MR) is 97.4 cm³/mol. The molecule has 0 amide bonds. The average Bonchev–Trinajstić information content (AvgIpc) is 2.67. The first-order valence-corrected chi connectivity index (χ1v) is 8.19. The SMILES string of the molecule is CCOc1cc(C#N)ccc1OC(=O)COc1ccc2ccccc2c1. The Morgan fingerprint density at radius 3 is 2.54 bits per heavy atom. The standard InChI is InChI=1S/C21H17NO4/c1-2-24-20-11-15(13-22)7-10-19(20)26-21(23)14-25-18-9-8-16-5-3-4-6-17(16)12-18/h3-12H,2,14H2,1H3. The van der Waals surface area contributed by atoms with Gasteiger partial charge >= 0.3 is 5.97 Å². The number of benzene rings is 3. The molecule has 0 aliphatic rings. The van der Waals surface area contributed by atoms with E-state index in [0.717, 1.165) is 10.8 Å². The van der Waals surface area contributed by atoms with Gasteiger partial charge in [0.05, 0.1) is 18.2 Å². The summed E-state index contributed by atoms with van der Waals surface area (Å²) in [5.41, 5.74) is 0.431. The van der Waals surface area contributed by atoms with Crippen LogP contribution in [0.4, 0.5) is 0 Å². The monoisotopic (exact) mass is 347 g/mol. The Morgan fingerprint density at radius 1 is 0.962 bits per heavy atom. The number of hydrogen-bond donors (Lipinski definition) is 0. The van der Waals surface area contributed by atoms with E-state index in [1.807, 2.05) is 55.5 Å². The molecule has 0 radical (unpaired) electrons. The van der Waals surface area contributed by atoms with Crippen LogP contribution >= 0.6 is 0 Å². The molecule has 5 nitrogen and oxygen atoms in total. The number of fused-ring (bicyclic) bond motifs is 1. The van der Waals surface area contributed by atoms with E-state index in [1.165, 1.54) is 12.1 Å². The highest BCUT2D eigenvalue weighted by Crippen LogP contribution is 2.28. The molecule has 0 unspecified atom stereocenters. The molecule has 0 N–H and O–H groups in total. The van der Waals surface area contributed by atoms with Gasteiger partial charge in [-0.2, -0.15) is 5.26 Å². The van der Waals surface area contributed by atoms with E-state index in [-0.39, 0.29) is 12.4 Å². The maximum absolute atomic E-state index is 12.1. The summed E-state index contributed by atoms with van der Waals surface area (Å²) in [4.78, 5) is 12.1. The zero-order chi connectivity index (χ0) is 18.4. The van der Waals surface area contributed by atoms with E-state index in [2.05, 4.69) is 0 Å². The quantitative estimate of drug-likeness (QED) is 0.496. The highest BCUT2D eigenvalue weighted by molar-refractivity contribution is 5.84. The van der Waals surface area contributed by atoms with Crippen molar-refractivity contribution < 1.29 is 19.0 Å². The van der Waals surface area contributed by atoms with E-state index in [9.17, 15) is 4.79 Å². The van der Waals surface area contributed by atoms with Crippen molar-refractivity contribution in [2.75, 3.05) is 13.2 Å². The third kappa shape index (κ3) is 4.11. The van der Waals surface area contributed by atoms with Crippen LogP contribution in [0, 0.1) is 11.3 Å². The van der Waals surface area contributed by atoms with E-state index >= 15 is 0 Å². The van der Waals surface area contributed by atoms with Crippen LogP contribution in [0.2, 0.25) is 0 Å². The van der Waals surface area contributed by atoms with Crippen molar-refractivity contribution >= 4 is 16.7 Å². The summed E-state index contributed by atoms with van der Waals surface area (Å²) in [6.07, 6.45) is 0. The summed E-state index contributed by atoms with van der Waals surface area (Å²) in [5.74, 6) is 0.651. The largest absolute Gasteiger partial charge is 0.490 e. The number of nitrogens with zero attached hydrogens (tertiary/aromatic N) is 1. The Balaban J connectivity index is 1.66. The zero-order valence-corrected chi connectivity index (χ0v) is 14.3. The topological polar surface area (TPSA) is 68.5 Å². The smallest absolute Gasteiger partial charge is 0.349 e. The Bertz CT molecular complexity index is 975. The Labute approximate surface area is 151 Å². The van der Waals surface area contributed by atoms with E-state index < -0.39 is 5.97 Å². The first kappa shape index (κ1) is 17.3. The van der Waals surface area contributed by atoms with Crippen LogP contribution in [0.1, 0.15) is 12.5 Å². The van der Waals surface area contributed by atoms with Gasteiger partial charge in [0, 0.05) is 6.07 Å². The second-order valence-corrected chi connectivity index (χ2v) is 5.48. The predicted octanol–water partition coefficient (Wildman–Crippen LogP) is 4.09. The number of carbonyl (C=O) groups excluding carboxylic acids is 1. The fourth-order valence-corrected chi connectivity index (χ4v) is 2.48. The number of nitriles is 1. The first-order chi connectivity index (χ1) is 12.7. The third-order valence-electron chi connectivity index (χ3n) is 3.67. The Morgan fingerprint density at radius 2 is 1.77 bits per heavy atom. The van der Waals surface area contributed by atoms with Gasteiger partial charge < -0.3 is 14.2 Å². The highest BCUT2D eigenvalue weighted by atomic mass is 16.6. The van der Waals surface area contributed by atoms with Crippen molar-refractivity contribution in [1.29, 1.82) is 5.26 Å². The van der Waals surface area contributed by atoms with Crippen LogP contribution < -0.4 is 14.2 Å². The molecule has 0 bridgehead atoms. The average molecular weight is 347 g/mol. The molecule has 3 aromatic rings. The van der Waals surface area contributed by atoms with Crippen molar-refractivity contribution in [2.45, 2.75) is 6.92 Å². The molecule has 3 aromatic carbocycles. The summed E-state index contributed by atoms with van der Waals surface area (Å²) in [6.45, 7) is 1.98. The maximum Gasteiger partial charge on any atom is 0.349 e. The molecule has 3 rings (SSSR count). The van der Waals surface area contributed by atoms with Crippen LogP contribution in [0.15, 0.2) is 60.7 Å². The summed E-state index contributed by atoms with van der Waals surface area (Å²) < 4.78 is 16.3. The molecule has 0 saturated carbocycles. The maximum atomic E-state index is 12.1. The van der Waals surface area contributed by atoms with Crippen molar-refractivity contribution in [3.63, 3.8) is 0 Å². The molecule has 0 atom stereocenters. The van der Waals surface area contributed by atoms with Gasteiger partial charge in [-0.1, -0.05) is 30.3 Å². The highest BCUT2D eigenvalue weighted by Gasteiger charge is 2.12. The van der Waals surface area contributed by atoms with Crippen LogP contribution in [0.5, 0.6) is 17.2 Å². The van der Waals surface area contributed by atoms with Gasteiger partial charge in [0.2, 0.25) is 0 Å². The van der Waals surface area contributed by atoms with Crippen molar-refractivity contribution in [3.05, 3.63) is 66.2 Å². The fourth-order valence-electron chi connectivity index (χ4n) is 2.48. The molecule has 0 spiro atoms. The van der Waals surface area contributed by atoms with Gasteiger partial charge in [0.1, 0.15) is 5.75 Å². The van der Waals surface area contributed by atoms with Crippen LogP contribution in [0.3, 0.4) is 0 Å². The lowest BCUT2D eigenvalue weighted by Crippen LogP contribution is -2.18. The fraction of sp³-hybridized carbons (Fsp3) is 0.143. The number of ether oxygens (including phenoxy) is 3. The number of rotatable bonds is 6. The van der Waals surface area contributed by atoms with Gasteiger partial charge in [0.25, 0.3) is 0 Å². The molecule has 0 aromatic heterocycles. The molecule has 130 valence electrons. The van der Waals surface area contributed by atoms with Crippen molar-refractivity contribution in [3.8, 4) is 23.3 Å². The minimum atomic E-state index is -0.552. The summed E-state index contributed by atoms with van der Waals surface area (Å²) in [6, 6.07) is 20.2. The molecule has 0 aliphatic heterocycles. The third-order valence-corrected chi connectivity index (χ3v) is 3.67. The van der Waals surface area contributed by atoms with Gasteiger partial charge in [0.15, 0.2) is 18.1 Å². The lowest BCUT2D eigenvalue weighted by atomic mass is 10.1. The number of esters is 1. The van der Waals surface area contributed by atoms with Gasteiger partial charge in [-0.15, -0.1) is 0 Å². The summed E-state index contributed by atoms with van der Waals surface area (Å²) >= 11 is 0. The van der Waals surface area contributed by atoms with Crippen LogP contribution in [0.25, 0.3) is 10.8 Å². The zero-order valence-electron chi connectivity index (χ0n) is 14.3. The minimum absolute atomic E-state index is 0.232. The molecule has 26 heavy (non-hydrogen) atoms. The molecular formula is C21H17NO4. The van der Waals surface area contributed by atoms with Gasteiger partial charge in [-0.25, -0.2) is 4.79 Å². The summed E-state index contributed by atoms with van der Waals surface area (Å²) in [7, 11) is 0. The lowest BCUT2D eigenvalue weighted by molar-refractivity contribution is -0.136. The van der Waals surface area contributed by atoms with E-state index in [1.54, 1.807) is 6.07 Å². The summed E-state index contributed by atoms with van der Waals surface area (Å²) in [5, 5.41) is 11.1. The number of carbonyl (C=O) groups is 1. The molecular weight excluding hydrogens is 330 g/mol. The molecule has 0 saturated heterocycles. The Kier molecular flexibility index (Phi) is 5.35. The van der Waals surface area contributed by atoms with Crippen LogP contribution in [-0.4, -0.2) is 19.2 Å². The van der Waals surface area contributed by atoms with Gasteiger partial charge in [-0.3, -0.25) is 0 Å². The van der Waals surface area contributed by atoms with Crippen molar-refractivity contribution in [2.24, 2.45) is 0 Å². The molecule has 0 heterocycles. The normalized spacial score (nSPS) is 10.2. The van der Waals surface area contributed by atoms with Gasteiger partial charge in [-0.05, 0) is 42.0 Å². The second-order valence-electron chi connectivity index (χ2n) is 5.48. The van der Waals surface area contributed by atoms with Crippen LogP contribution in [-0.2, 0) is 4.79 Å². The first-order valence-electron chi connectivity index (χ1n) is 8.19. The molecule has 5 heteroatoms. The Hall–Kier alpha value is -3.52. The van der Waals surface area contributed by atoms with E-state index in [4.69, 9.17) is 19.5 Å².